The number of hydrogen-bond acceptors (Lipinski definition) is 4. The molecule has 0 atom stereocenters. The Balaban J connectivity index is 2.32. The molecule has 1 aliphatic heterocycles. The molecule has 2 rings (SSSR count). The smallest absolute Gasteiger partial charge is 0.279 e. The van der Waals surface area contributed by atoms with E-state index in [0.29, 0.717) is 24.3 Å². The number of nitrogens with zero attached hydrogens (tertiary/aromatic N) is 1. The molecule has 0 saturated carbocycles. The van der Waals surface area contributed by atoms with Crippen LogP contribution in [0, 0.1) is 0 Å². The molecule has 4 heteroatoms. The molecule has 0 radical (unpaired) electrons. The Morgan fingerprint density at radius 3 is 3.00 bits per heavy atom. The van der Waals surface area contributed by atoms with Gasteiger partial charge in [-0.25, -0.2) is 0 Å². The molecule has 0 bridgehead atoms. The largest absolute Gasteiger partial charge is 0.472 e. The van der Waals surface area contributed by atoms with E-state index in [-0.39, 0.29) is 0 Å². The van der Waals surface area contributed by atoms with E-state index < -0.39 is 0 Å². The third kappa shape index (κ3) is 1.13. The molecule has 1 aromatic rings. The maximum atomic E-state index is 5.42. The summed E-state index contributed by atoms with van der Waals surface area (Å²) in [5, 5.41) is 3.08. The van der Waals surface area contributed by atoms with E-state index in [2.05, 4.69) is 10.3 Å². The molecule has 66 valence electrons. The fourth-order valence-corrected chi connectivity index (χ4v) is 1.09. The van der Waals surface area contributed by atoms with Crippen molar-refractivity contribution in [2.24, 2.45) is 0 Å². The highest BCUT2D eigenvalue weighted by Crippen LogP contribution is 2.30. The van der Waals surface area contributed by atoms with Crippen molar-refractivity contribution in [1.82, 2.24) is 4.98 Å². The molecule has 0 aliphatic carbocycles. The number of nitrogens with one attached hydrogen (secondary N) is 1. The summed E-state index contributed by atoms with van der Waals surface area (Å²) >= 11 is 0. The van der Waals surface area contributed by atoms with Crippen LogP contribution in [-0.2, 0) is 0 Å². The topological polar surface area (TPSA) is 47.3 Å². The van der Waals surface area contributed by atoms with Gasteiger partial charge in [-0.15, -0.1) is 0 Å². The van der Waals surface area contributed by atoms with Crippen molar-refractivity contribution in [3.8, 4) is 5.88 Å². The predicted octanol–water partition coefficient (Wildman–Crippen LogP) is 1.60. The summed E-state index contributed by atoms with van der Waals surface area (Å²) in [6, 6.07) is 0. The molecule has 1 N–H and O–H groups in total. The van der Waals surface area contributed by atoms with Gasteiger partial charge in [-0.2, -0.15) is 4.98 Å². The molecule has 0 spiro atoms. The molecule has 12 heavy (non-hydrogen) atoms. The molecule has 1 aromatic heterocycles. The van der Waals surface area contributed by atoms with Crippen molar-refractivity contribution >= 4 is 5.88 Å². The summed E-state index contributed by atoms with van der Waals surface area (Å²) in [6.07, 6.45) is 0. The standard InChI is InChI=1S/C8H12N2O2/c1-5(2)6-10-8-7(12-6)9-3-4-11-8/h5,9H,3-4H2,1-2H3. The first kappa shape index (κ1) is 7.46. The summed E-state index contributed by atoms with van der Waals surface area (Å²) < 4.78 is 10.7. The SMILES string of the molecule is CC(C)c1nc2c(o1)NCCO2. The fraction of sp³-hybridized carbons (Fsp3) is 0.625. The zero-order valence-corrected chi connectivity index (χ0v) is 7.26. The Morgan fingerprint density at radius 2 is 2.33 bits per heavy atom. The Labute approximate surface area is 70.9 Å². The normalized spacial score (nSPS) is 15.2. The van der Waals surface area contributed by atoms with Gasteiger partial charge in [0.2, 0.25) is 5.89 Å². The van der Waals surface area contributed by atoms with Crippen LogP contribution < -0.4 is 10.1 Å². The second kappa shape index (κ2) is 2.69. The molecule has 0 aromatic carbocycles. The lowest BCUT2D eigenvalue weighted by atomic mass is 10.2. The Kier molecular flexibility index (Phi) is 1.67. The summed E-state index contributed by atoms with van der Waals surface area (Å²) in [5.74, 6) is 2.31. The number of rotatable bonds is 1. The molecule has 1 aliphatic rings. The number of ether oxygens (including phenoxy) is 1. The van der Waals surface area contributed by atoms with Crippen LogP contribution >= 0.6 is 0 Å². The quantitative estimate of drug-likeness (QED) is 0.692. The molecule has 0 unspecified atom stereocenters. The minimum Gasteiger partial charge on any atom is -0.472 e. The zero-order chi connectivity index (χ0) is 8.55. The lowest BCUT2D eigenvalue weighted by Crippen LogP contribution is -2.16. The lowest BCUT2D eigenvalue weighted by molar-refractivity contribution is 0.307. The highest BCUT2D eigenvalue weighted by Gasteiger charge is 2.19. The number of oxazole rings is 1. The van der Waals surface area contributed by atoms with E-state index in [1.165, 1.54) is 0 Å². The summed E-state index contributed by atoms with van der Waals surface area (Å²) in [5.41, 5.74) is 0. The molecular formula is C8H12N2O2. The van der Waals surface area contributed by atoms with Gasteiger partial charge in [0.1, 0.15) is 6.61 Å². The summed E-state index contributed by atoms with van der Waals surface area (Å²) in [7, 11) is 0. The van der Waals surface area contributed by atoms with Crippen LogP contribution in [0.3, 0.4) is 0 Å². The summed E-state index contributed by atoms with van der Waals surface area (Å²) in [6.45, 7) is 5.53. The average Bonchev–Trinajstić information content (AvgIpc) is 2.46. The van der Waals surface area contributed by atoms with Gasteiger partial charge in [0, 0.05) is 5.92 Å². The van der Waals surface area contributed by atoms with Crippen LogP contribution in [0.1, 0.15) is 25.7 Å². The van der Waals surface area contributed by atoms with Crippen molar-refractivity contribution in [3.63, 3.8) is 0 Å². The van der Waals surface area contributed by atoms with Gasteiger partial charge < -0.3 is 14.5 Å². The predicted molar refractivity (Wildman–Crippen MR) is 44.6 cm³/mol. The first-order valence-electron chi connectivity index (χ1n) is 4.15. The van der Waals surface area contributed by atoms with Crippen LogP contribution in [0.4, 0.5) is 5.88 Å². The third-order valence-corrected chi connectivity index (χ3v) is 1.73. The van der Waals surface area contributed by atoms with Crippen molar-refractivity contribution < 1.29 is 9.15 Å². The minimum atomic E-state index is 0.306. The molecule has 0 fully saturated rings. The van der Waals surface area contributed by atoms with E-state index in [1.807, 2.05) is 13.8 Å². The first-order chi connectivity index (χ1) is 5.77. The van der Waals surface area contributed by atoms with Crippen molar-refractivity contribution in [1.29, 1.82) is 0 Å². The number of fused-ring (bicyclic) bond motifs is 1. The van der Waals surface area contributed by atoms with E-state index in [9.17, 15) is 0 Å². The molecule has 0 amide bonds. The Bertz CT molecular complexity index is 257. The lowest BCUT2D eigenvalue weighted by Gasteiger charge is -2.10. The number of hydrogen-bond donors (Lipinski definition) is 1. The van der Waals surface area contributed by atoms with Gasteiger partial charge in [0.05, 0.1) is 6.54 Å². The third-order valence-electron chi connectivity index (χ3n) is 1.73. The molecule has 2 heterocycles. The van der Waals surface area contributed by atoms with E-state index in [0.717, 1.165) is 12.4 Å². The second-order valence-electron chi connectivity index (χ2n) is 3.12. The fourth-order valence-electron chi connectivity index (χ4n) is 1.09. The van der Waals surface area contributed by atoms with Gasteiger partial charge >= 0.3 is 0 Å². The monoisotopic (exact) mass is 168 g/mol. The van der Waals surface area contributed by atoms with E-state index >= 15 is 0 Å². The highest BCUT2D eigenvalue weighted by atomic mass is 16.5. The second-order valence-corrected chi connectivity index (χ2v) is 3.12. The first-order valence-corrected chi connectivity index (χ1v) is 4.15. The van der Waals surface area contributed by atoms with Crippen LogP contribution in [-0.4, -0.2) is 18.1 Å². The van der Waals surface area contributed by atoms with Crippen LogP contribution in [0.25, 0.3) is 0 Å². The molecule has 4 nitrogen and oxygen atoms in total. The average molecular weight is 168 g/mol. The highest BCUT2D eigenvalue weighted by molar-refractivity contribution is 5.44. The van der Waals surface area contributed by atoms with Crippen LogP contribution in [0.5, 0.6) is 5.88 Å². The number of aromatic nitrogens is 1. The van der Waals surface area contributed by atoms with Gasteiger partial charge in [0.25, 0.3) is 11.8 Å². The summed E-state index contributed by atoms with van der Waals surface area (Å²) in [4.78, 5) is 4.20. The van der Waals surface area contributed by atoms with Gasteiger partial charge in [-0.1, -0.05) is 13.8 Å². The van der Waals surface area contributed by atoms with E-state index in [4.69, 9.17) is 9.15 Å². The van der Waals surface area contributed by atoms with Gasteiger partial charge in [-0.05, 0) is 0 Å². The van der Waals surface area contributed by atoms with Crippen molar-refractivity contribution in [2.75, 3.05) is 18.5 Å². The zero-order valence-electron chi connectivity index (χ0n) is 7.26. The van der Waals surface area contributed by atoms with Crippen LogP contribution in [0.2, 0.25) is 0 Å². The van der Waals surface area contributed by atoms with Gasteiger partial charge in [-0.3, -0.25) is 0 Å². The van der Waals surface area contributed by atoms with Crippen LogP contribution in [0.15, 0.2) is 4.42 Å². The molecular weight excluding hydrogens is 156 g/mol. The van der Waals surface area contributed by atoms with Crippen molar-refractivity contribution in [3.05, 3.63) is 5.89 Å². The minimum absolute atomic E-state index is 0.306. The number of anilines is 1. The molecule has 0 saturated heterocycles. The van der Waals surface area contributed by atoms with Gasteiger partial charge in [0.15, 0.2) is 0 Å². The van der Waals surface area contributed by atoms with E-state index in [1.54, 1.807) is 0 Å². The van der Waals surface area contributed by atoms with Crippen molar-refractivity contribution in [2.45, 2.75) is 19.8 Å². The Morgan fingerprint density at radius 1 is 1.50 bits per heavy atom. The Hall–Kier alpha value is -1.19. The maximum absolute atomic E-state index is 5.42. The maximum Gasteiger partial charge on any atom is 0.279 e.